The molecule has 1 aromatic heterocycles. The highest BCUT2D eigenvalue weighted by molar-refractivity contribution is 7.10. The molecule has 5 heteroatoms. The zero-order chi connectivity index (χ0) is 16.4. The van der Waals surface area contributed by atoms with Crippen molar-refractivity contribution in [3.05, 3.63) is 22.4 Å². The van der Waals surface area contributed by atoms with Gasteiger partial charge in [0.1, 0.15) is 0 Å². The van der Waals surface area contributed by atoms with Crippen LogP contribution in [0.25, 0.3) is 0 Å². The summed E-state index contributed by atoms with van der Waals surface area (Å²) in [6.45, 7) is 4.49. The Hall–Kier alpha value is -1.07. The van der Waals surface area contributed by atoms with Crippen molar-refractivity contribution < 1.29 is 0 Å². The van der Waals surface area contributed by atoms with Crippen LogP contribution in [-0.2, 0) is 0 Å². The van der Waals surface area contributed by atoms with E-state index in [0.717, 1.165) is 25.0 Å². The molecule has 4 rings (SSSR count). The van der Waals surface area contributed by atoms with Gasteiger partial charge in [-0.25, -0.2) is 0 Å². The molecule has 1 unspecified atom stereocenters. The Morgan fingerprint density at radius 2 is 2.12 bits per heavy atom. The maximum atomic E-state index is 4.46. The first-order valence-corrected chi connectivity index (χ1v) is 10.4. The number of hydrogen-bond acceptors (Lipinski definition) is 3. The molecule has 0 radical (unpaired) electrons. The summed E-state index contributed by atoms with van der Waals surface area (Å²) in [5.41, 5.74) is 0.611. The summed E-state index contributed by atoms with van der Waals surface area (Å²) in [4.78, 5) is 8.55. The monoisotopic (exact) mass is 346 g/mol. The molecule has 2 heterocycles. The van der Waals surface area contributed by atoms with Crippen LogP contribution in [0.15, 0.2) is 22.5 Å². The molecular weight excluding hydrogens is 316 g/mol. The van der Waals surface area contributed by atoms with Gasteiger partial charge in [0.15, 0.2) is 5.96 Å². The van der Waals surface area contributed by atoms with Crippen LogP contribution < -0.4 is 10.6 Å². The van der Waals surface area contributed by atoms with Crippen LogP contribution in [0.1, 0.15) is 49.4 Å². The fourth-order valence-corrected chi connectivity index (χ4v) is 5.06. The highest BCUT2D eigenvalue weighted by atomic mass is 32.1. The Morgan fingerprint density at radius 1 is 1.33 bits per heavy atom. The van der Waals surface area contributed by atoms with Gasteiger partial charge in [0, 0.05) is 25.0 Å². The number of likely N-dealkylation sites (tertiary alicyclic amines) is 1. The van der Waals surface area contributed by atoms with Crippen molar-refractivity contribution >= 4 is 17.3 Å². The van der Waals surface area contributed by atoms with Gasteiger partial charge in [0.25, 0.3) is 0 Å². The zero-order valence-electron chi connectivity index (χ0n) is 14.8. The van der Waals surface area contributed by atoms with E-state index < -0.39 is 0 Å². The standard InChI is InChI=1S/C19H30N4S/c1-20-18(22-14-19(8-9-19)15-6-7-15)21-13-16(17-5-4-12-24-17)23-10-2-3-11-23/h4-5,12,15-16H,2-3,6-11,13-14H2,1H3,(H2,20,21,22). The number of hydrogen-bond donors (Lipinski definition) is 2. The normalized spacial score (nSPS) is 24.8. The van der Waals surface area contributed by atoms with Gasteiger partial charge in [0.05, 0.1) is 6.04 Å². The summed E-state index contributed by atoms with van der Waals surface area (Å²) < 4.78 is 0. The van der Waals surface area contributed by atoms with E-state index in [1.165, 1.54) is 56.5 Å². The first-order valence-electron chi connectivity index (χ1n) is 9.53. The van der Waals surface area contributed by atoms with Crippen LogP contribution >= 0.6 is 11.3 Å². The Morgan fingerprint density at radius 3 is 2.71 bits per heavy atom. The van der Waals surface area contributed by atoms with Gasteiger partial charge in [-0.1, -0.05) is 6.07 Å². The summed E-state index contributed by atoms with van der Waals surface area (Å²) in [5, 5.41) is 9.40. The molecule has 132 valence electrons. The summed E-state index contributed by atoms with van der Waals surface area (Å²) >= 11 is 1.87. The number of nitrogens with one attached hydrogen (secondary N) is 2. The molecule has 0 bridgehead atoms. The second-order valence-electron chi connectivity index (χ2n) is 7.72. The van der Waals surface area contributed by atoms with Gasteiger partial charge in [-0.2, -0.15) is 0 Å². The first kappa shape index (κ1) is 16.4. The molecular formula is C19H30N4S. The molecule has 0 aromatic carbocycles. The number of aliphatic imine (C=N–C) groups is 1. The van der Waals surface area contributed by atoms with E-state index >= 15 is 0 Å². The van der Waals surface area contributed by atoms with Crippen LogP contribution in [0.2, 0.25) is 0 Å². The van der Waals surface area contributed by atoms with Crippen molar-refractivity contribution in [1.29, 1.82) is 0 Å². The average Bonchev–Trinajstić information content (AvgIpc) is 3.48. The summed E-state index contributed by atoms with van der Waals surface area (Å²) in [6, 6.07) is 4.92. The first-order chi connectivity index (χ1) is 11.8. The number of rotatable bonds is 7. The predicted octanol–water partition coefficient (Wildman–Crippen LogP) is 3.24. The molecule has 2 N–H and O–H groups in total. The van der Waals surface area contributed by atoms with E-state index in [4.69, 9.17) is 0 Å². The van der Waals surface area contributed by atoms with Crippen LogP contribution in [0.3, 0.4) is 0 Å². The molecule has 3 fully saturated rings. The van der Waals surface area contributed by atoms with Gasteiger partial charge in [-0.15, -0.1) is 11.3 Å². The lowest BCUT2D eigenvalue weighted by molar-refractivity contribution is 0.248. The minimum Gasteiger partial charge on any atom is -0.356 e. The van der Waals surface area contributed by atoms with Crippen molar-refractivity contribution in [3.8, 4) is 0 Å². The quantitative estimate of drug-likeness (QED) is 0.588. The lowest BCUT2D eigenvalue weighted by Gasteiger charge is -2.28. The number of guanidine groups is 1. The van der Waals surface area contributed by atoms with Crippen molar-refractivity contribution in [2.45, 2.75) is 44.6 Å². The van der Waals surface area contributed by atoms with E-state index in [-0.39, 0.29) is 0 Å². The van der Waals surface area contributed by atoms with Gasteiger partial charge in [-0.05, 0) is 74.4 Å². The van der Waals surface area contributed by atoms with Crippen molar-refractivity contribution in [3.63, 3.8) is 0 Å². The van der Waals surface area contributed by atoms with E-state index in [1.54, 1.807) is 0 Å². The van der Waals surface area contributed by atoms with Crippen LogP contribution in [0.4, 0.5) is 0 Å². The molecule has 24 heavy (non-hydrogen) atoms. The van der Waals surface area contributed by atoms with E-state index in [1.807, 2.05) is 18.4 Å². The molecule has 1 aliphatic heterocycles. The number of nitrogens with zero attached hydrogens (tertiary/aromatic N) is 2. The summed E-state index contributed by atoms with van der Waals surface area (Å²) in [5.74, 6) is 1.97. The van der Waals surface area contributed by atoms with E-state index in [2.05, 4.69) is 38.0 Å². The second kappa shape index (κ2) is 7.04. The fraction of sp³-hybridized carbons (Fsp3) is 0.737. The maximum Gasteiger partial charge on any atom is 0.191 e. The van der Waals surface area contributed by atoms with E-state index in [9.17, 15) is 0 Å². The molecule has 1 aromatic rings. The SMILES string of the molecule is CN=C(NCC(c1cccs1)N1CCCC1)NCC1(C2CC2)CC1. The average molecular weight is 347 g/mol. The van der Waals surface area contributed by atoms with Crippen LogP contribution in [0.5, 0.6) is 0 Å². The Labute approximate surface area is 149 Å². The summed E-state index contributed by atoms with van der Waals surface area (Å²) in [6.07, 6.45) is 8.38. The van der Waals surface area contributed by atoms with Crippen molar-refractivity contribution in [2.75, 3.05) is 33.2 Å². The third-order valence-corrected chi connectivity index (χ3v) is 7.06. The highest BCUT2D eigenvalue weighted by Crippen LogP contribution is 2.60. The van der Waals surface area contributed by atoms with Crippen molar-refractivity contribution in [1.82, 2.24) is 15.5 Å². The Bertz CT molecular complexity index is 554. The predicted molar refractivity (Wildman–Crippen MR) is 102 cm³/mol. The highest BCUT2D eigenvalue weighted by Gasteiger charge is 2.53. The molecule has 2 saturated carbocycles. The smallest absolute Gasteiger partial charge is 0.191 e. The largest absolute Gasteiger partial charge is 0.356 e. The minimum absolute atomic E-state index is 0.476. The molecule has 1 atom stereocenters. The summed E-state index contributed by atoms with van der Waals surface area (Å²) in [7, 11) is 1.89. The molecule has 0 spiro atoms. The fourth-order valence-electron chi connectivity index (χ4n) is 4.20. The van der Waals surface area contributed by atoms with Gasteiger partial charge in [0.2, 0.25) is 0 Å². The number of thiophene rings is 1. The topological polar surface area (TPSA) is 39.7 Å². The lowest BCUT2D eigenvalue weighted by atomic mass is 10.0. The molecule has 0 amide bonds. The van der Waals surface area contributed by atoms with Crippen LogP contribution in [-0.4, -0.2) is 44.1 Å². The third-order valence-electron chi connectivity index (χ3n) is 6.08. The van der Waals surface area contributed by atoms with Crippen molar-refractivity contribution in [2.24, 2.45) is 16.3 Å². The molecule has 2 aliphatic carbocycles. The third kappa shape index (κ3) is 3.62. The Balaban J connectivity index is 1.32. The van der Waals surface area contributed by atoms with E-state index in [0.29, 0.717) is 11.5 Å². The van der Waals surface area contributed by atoms with Crippen LogP contribution in [0, 0.1) is 11.3 Å². The maximum absolute atomic E-state index is 4.46. The second-order valence-corrected chi connectivity index (χ2v) is 8.70. The molecule has 3 aliphatic rings. The van der Waals surface area contributed by atoms with Gasteiger partial charge >= 0.3 is 0 Å². The lowest BCUT2D eigenvalue weighted by Crippen LogP contribution is -2.44. The minimum atomic E-state index is 0.476. The molecule has 4 nitrogen and oxygen atoms in total. The zero-order valence-corrected chi connectivity index (χ0v) is 15.6. The van der Waals surface area contributed by atoms with Gasteiger partial charge < -0.3 is 10.6 Å². The Kier molecular flexibility index (Phi) is 4.81. The molecule has 1 saturated heterocycles. The van der Waals surface area contributed by atoms with Gasteiger partial charge in [-0.3, -0.25) is 9.89 Å².